The molecule has 10 heteroatoms. The summed E-state index contributed by atoms with van der Waals surface area (Å²) < 4.78 is 30.6. The van der Waals surface area contributed by atoms with E-state index in [2.05, 4.69) is 15.3 Å². The number of H-pyrrole nitrogens is 1. The highest BCUT2D eigenvalue weighted by Gasteiger charge is 2.22. The smallest absolute Gasteiger partial charge is 0.270 e. The highest BCUT2D eigenvalue weighted by Crippen LogP contribution is 2.20. The van der Waals surface area contributed by atoms with E-state index in [1.54, 1.807) is 36.4 Å². The van der Waals surface area contributed by atoms with Crippen LogP contribution in [0.4, 0.5) is 5.69 Å². The van der Waals surface area contributed by atoms with Crippen molar-refractivity contribution < 1.29 is 17.9 Å². The highest BCUT2D eigenvalue weighted by atomic mass is 32.2. The van der Waals surface area contributed by atoms with Crippen molar-refractivity contribution in [1.29, 1.82) is 0 Å². The van der Waals surface area contributed by atoms with Gasteiger partial charge in [-0.1, -0.05) is 36.9 Å². The van der Waals surface area contributed by atoms with Crippen molar-refractivity contribution in [3.05, 3.63) is 70.6 Å². The number of carbonyl (C=O) groups excluding carboxylic acids is 1. The number of carbonyl (C=O) groups is 1. The standard InChI is InChI=1S/C21H21N3O5S2/c1-3-14-7-9-17(10-8-14)31(27,28)18-12-22-21(24-20(18)26)30-13-19(25)23-15-5-4-6-16(11-15)29-2/h4-12H,3,13H2,1-2H3,(H,23,25)(H,22,24,26). The summed E-state index contributed by atoms with van der Waals surface area (Å²) in [5.41, 5.74) is 0.775. The van der Waals surface area contributed by atoms with Crippen LogP contribution >= 0.6 is 11.8 Å². The number of sulfone groups is 1. The summed E-state index contributed by atoms with van der Waals surface area (Å²) in [5.74, 6) is 0.274. The Hall–Kier alpha value is -3.11. The Morgan fingerprint density at radius 1 is 1.19 bits per heavy atom. The summed E-state index contributed by atoms with van der Waals surface area (Å²) in [7, 11) is -2.47. The van der Waals surface area contributed by atoms with Gasteiger partial charge in [-0.3, -0.25) is 9.59 Å². The largest absolute Gasteiger partial charge is 0.497 e. The first kappa shape index (κ1) is 22.6. The fourth-order valence-electron chi connectivity index (χ4n) is 2.69. The molecule has 0 saturated heterocycles. The summed E-state index contributed by atoms with van der Waals surface area (Å²) in [6.45, 7) is 1.96. The van der Waals surface area contributed by atoms with E-state index < -0.39 is 20.3 Å². The van der Waals surface area contributed by atoms with Crippen LogP contribution in [0.3, 0.4) is 0 Å². The number of anilines is 1. The number of hydrogen-bond donors (Lipinski definition) is 2. The van der Waals surface area contributed by atoms with Crippen LogP contribution in [0.25, 0.3) is 0 Å². The molecule has 2 aromatic carbocycles. The minimum Gasteiger partial charge on any atom is -0.497 e. The lowest BCUT2D eigenvalue weighted by Gasteiger charge is -2.07. The highest BCUT2D eigenvalue weighted by molar-refractivity contribution is 7.99. The van der Waals surface area contributed by atoms with Crippen LogP contribution < -0.4 is 15.6 Å². The van der Waals surface area contributed by atoms with E-state index in [0.29, 0.717) is 11.4 Å². The molecule has 1 aromatic heterocycles. The molecule has 0 aliphatic carbocycles. The average molecular weight is 460 g/mol. The first-order chi connectivity index (χ1) is 14.8. The summed E-state index contributed by atoms with van der Waals surface area (Å²) in [6.07, 6.45) is 1.80. The second kappa shape index (κ2) is 9.80. The third-order valence-electron chi connectivity index (χ3n) is 4.37. The van der Waals surface area contributed by atoms with Crippen LogP contribution in [0.5, 0.6) is 5.75 Å². The lowest BCUT2D eigenvalue weighted by Crippen LogP contribution is -2.20. The minimum atomic E-state index is -4.00. The Bertz CT molecular complexity index is 1240. The molecular weight excluding hydrogens is 438 g/mol. The van der Waals surface area contributed by atoms with Gasteiger partial charge in [0.05, 0.1) is 24.0 Å². The number of aryl methyl sites for hydroxylation is 1. The average Bonchev–Trinajstić information content (AvgIpc) is 2.77. The van der Waals surface area contributed by atoms with Crippen LogP contribution in [-0.2, 0) is 21.1 Å². The predicted molar refractivity (Wildman–Crippen MR) is 118 cm³/mol. The molecule has 0 aliphatic rings. The number of nitrogens with zero attached hydrogens (tertiary/aromatic N) is 1. The van der Waals surface area contributed by atoms with Gasteiger partial charge >= 0.3 is 0 Å². The molecule has 0 atom stereocenters. The van der Waals surface area contributed by atoms with E-state index in [4.69, 9.17) is 4.74 Å². The van der Waals surface area contributed by atoms with E-state index in [-0.39, 0.29) is 21.7 Å². The molecule has 0 aliphatic heterocycles. The molecule has 0 bridgehead atoms. The fourth-order valence-corrected chi connectivity index (χ4v) is 4.56. The maximum Gasteiger partial charge on any atom is 0.270 e. The number of thioether (sulfide) groups is 1. The van der Waals surface area contributed by atoms with Gasteiger partial charge in [0.25, 0.3) is 5.56 Å². The molecule has 8 nitrogen and oxygen atoms in total. The molecule has 3 rings (SSSR count). The van der Waals surface area contributed by atoms with Crippen molar-refractivity contribution >= 4 is 33.2 Å². The van der Waals surface area contributed by atoms with Crippen molar-refractivity contribution in [2.24, 2.45) is 0 Å². The lowest BCUT2D eigenvalue weighted by molar-refractivity contribution is -0.113. The van der Waals surface area contributed by atoms with Crippen molar-refractivity contribution in [3.63, 3.8) is 0 Å². The quantitative estimate of drug-likeness (QED) is 0.393. The molecule has 1 amide bonds. The predicted octanol–water partition coefficient (Wildman–Crippen LogP) is 2.90. The third kappa shape index (κ3) is 5.53. The summed E-state index contributed by atoms with van der Waals surface area (Å²) in [4.78, 5) is 30.5. The van der Waals surface area contributed by atoms with Gasteiger partial charge in [0.2, 0.25) is 15.7 Å². The Morgan fingerprint density at radius 2 is 1.94 bits per heavy atom. The molecule has 1 heterocycles. The monoisotopic (exact) mass is 459 g/mol. The molecule has 0 saturated carbocycles. The van der Waals surface area contributed by atoms with Gasteiger partial charge in [-0.05, 0) is 36.2 Å². The zero-order valence-corrected chi connectivity index (χ0v) is 18.5. The van der Waals surface area contributed by atoms with Crippen LogP contribution in [0.1, 0.15) is 12.5 Å². The molecule has 3 aromatic rings. The van der Waals surface area contributed by atoms with Crippen molar-refractivity contribution in [2.75, 3.05) is 18.2 Å². The van der Waals surface area contributed by atoms with E-state index in [1.165, 1.54) is 19.2 Å². The van der Waals surface area contributed by atoms with Crippen molar-refractivity contribution in [3.8, 4) is 5.75 Å². The normalized spacial score (nSPS) is 11.2. The molecule has 0 radical (unpaired) electrons. The first-order valence-electron chi connectivity index (χ1n) is 9.33. The van der Waals surface area contributed by atoms with Gasteiger partial charge in [-0.25, -0.2) is 13.4 Å². The zero-order chi connectivity index (χ0) is 22.4. The van der Waals surface area contributed by atoms with Crippen LogP contribution in [0.15, 0.2) is 74.5 Å². The van der Waals surface area contributed by atoms with Crippen LogP contribution in [0, 0.1) is 0 Å². The minimum absolute atomic E-state index is 0.0231. The summed E-state index contributed by atoms with van der Waals surface area (Å²) in [6, 6.07) is 13.3. The van der Waals surface area contributed by atoms with E-state index in [1.807, 2.05) is 6.92 Å². The van der Waals surface area contributed by atoms with Gasteiger partial charge in [-0.2, -0.15) is 0 Å². The van der Waals surface area contributed by atoms with Crippen molar-refractivity contribution in [2.45, 2.75) is 28.3 Å². The zero-order valence-electron chi connectivity index (χ0n) is 16.9. The maximum atomic E-state index is 12.7. The second-order valence-electron chi connectivity index (χ2n) is 6.45. The van der Waals surface area contributed by atoms with E-state index in [9.17, 15) is 18.0 Å². The molecule has 0 spiro atoms. The first-order valence-corrected chi connectivity index (χ1v) is 11.8. The Morgan fingerprint density at radius 3 is 2.58 bits per heavy atom. The summed E-state index contributed by atoms with van der Waals surface area (Å²) >= 11 is 0.987. The number of aromatic nitrogens is 2. The van der Waals surface area contributed by atoms with Gasteiger partial charge in [-0.15, -0.1) is 0 Å². The Labute approximate surface area is 184 Å². The fraction of sp³-hybridized carbons (Fsp3) is 0.190. The maximum absolute atomic E-state index is 12.7. The Balaban J connectivity index is 1.68. The van der Waals surface area contributed by atoms with E-state index in [0.717, 1.165) is 29.9 Å². The molecule has 0 fully saturated rings. The number of amides is 1. The van der Waals surface area contributed by atoms with Crippen molar-refractivity contribution in [1.82, 2.24) is 9.97 Å². The van der Waals surface area contributed by atoms with Gasteiger partial charge < -0.3 is 15.0 Å². The van der Waals surface area contributed by atoms with E-state index >= 15 is 0 Å². The topological polar surface area (TPSA) is 118 Å². The van der Waals surface area contributed by atoms with Crippen LogP contribution in [0.2, 0.25) is 0 Å². The van der Waals surface area contributed by atoms with Gasteiger partial charge in [0.15, 0.2) is 10.1 Å². The molecule has 2 N–H and O–H groups in total. The number of hydrogen-bond acceptors (Lipinski definition) is 7. The number of nitrogens with one attached hydrogen (secondary N) is 2. The molecule has 0 unspecified atom stereocenters. The number of rotatable bonds is 8. The van der Waals surface area contributed by atoms with Crippen LogP contribution in [-0.4, -0.2) is 37.2 Å². The molecule has 31 heavy (non-hydrogen) atoms. The number of ether oxygens (including phenoxy) is 1. The number of aromatic amines is 1. The Kier molecular flexibility index (Phi) is 7.13. The molecule has 162 valence electrons. The molecular formula is C21H21N3O5S2. The number of methoxy groups -OCH3 is 1. The van der Waals surface area contributed by atoms with Gasteiger partial charge in [0, 0.05) is 11.8 Å². The van der Waals surface area contributed by atoms with Gasteiger partial charge in [0.1, 0.15) is 5.75 Å². The summed E-state index contributed by atoms with van der Waals surface area (Å²) in [5, 5.41) is 2.86. The third-order valence-corrected chi connectivity index (χ3v) is 7.02. The number of benzene rings is 2. The second-order valence-corrected chi connectivity index (χ2v) is 9.33. The lowest BCUT2D eigenvalue weighted by atomic mass is 10.2. The SMILES string of the molecule is CCc1ccc(S(=O)(=O)c2cnc(SCC(=O)Nc3cccc(OC)c3)[nH]c2=O)cc1.